The van der Waals surface area contributed by atoms with Gasteiger partial charge in [0.2, 0.25) is 0 Å². The monoisotopic (exact) mass is 298 g/mol. The van der Waals surface area contributed by atoms with E-state index in [0.29, 0.717) is 0 Å². The van der Waals surface area contributed by atoms with Gasteiger partial charge >= 0.3 is 11.7 Å². The highest BCUT2D eigenvalue weighted by molar-refractivity contribution is 5.86. The number of H-pyrrole nitrogens is 1. The summed E-state index contributed by atoms with van der Waals surface area (Å²) in [6, 6.07) is 0. The first-order valence-electron chi connectivity index (χ1n) is 6.04. The van der Waals surface area contributed by atoms with E-state index in [-0.39, 0.29) is 18.8 Å². The van der Waals surface area contributed by atoms with Gasteiger partial charge in [0.05, 0.1) is 25.9 Å². The zero-order valence-corrected chi connectivity index (χ0v) is 11.1. The molecule has 2 rings (SSSR count). The molecule has 1 aromatic rings. The molecule has 1 aliphatic rings. The summed E-state index contributed by atoms with van der Waals surface area (Å²) in [5.41, 5.74) is -1.24. The first kappa shape index (κ1) is 15.2. The van der Waals surface area contributed by atoms with E-state index in [0.717, 1.165) is 10.6 Å². The summed E-state index contributed by atoms with van der Waals surface area (Å²) in [7, 11) is 1.20. The zero-order chi connectivity index (χ0) is 15.4. The molecule has 0 radical (unpaired) electrons. The lowest BCUT2D eigenvalue weighted by atomic mass is 10.3. The number of ether oxygens (including phenoxy) is 3. The summed E-state index contributed by atoms with van der Waals surface area (Å²) in [4.78, 5) is 36.5. The Labute approximate surface area is 118 Å². The molecule has 0 spiro atoms. The van der Waals surface area contributed by atoms with Crippen LogP contribution in [0.3, 0.4) is 0 Å². The number of aromatic amines is 1. The summed E-state index contributed by atoms with van der Waals surface area (Å²) < 4.78 is 15.9. The molecule has 9 heteroatoms. The summed E-state index contributed by atoms with van der Waals surface area (Å²) in [5, 5.41) is 8.91. The number of aliphatic hydroxyl groups excluding tert-OH is 1. The number of nitrogens with zero attached hydrogens (tertiary/aromatic N) is 1. The van der Waals surface area contributed by atoms with Crippen molar-refractivity contribution in [3.05, 3.63) is 38.7 Å². The summed E-state index contributed by atoms with van der Waals surface area (Å²) in [6.45, 7) is -0.291. The van der Waals surface area contributed by atoms with E-state index in [2.05, 4.69) is 9.72 Å². The Morgan fingerprint density at radius 2 is 2.38 bits per heavy atom. The number of carbonyl (C=O) groups excluding carboxylic acids is 1. The van der Waals surface area contributed by atoms with Crippen molar-refractivity contribution in [3.63, 3.8) is 0 Å². The van der Waals surface area contributed by atoms with Crippen molar-refractivity contribution >= 4 is 12.0 Å². The second kappa shape index (κ2) is 6.48. The first-order valence-corrected chi connectivity index (χ1v) is 6.04. The molecule has 1 aliphatic heterocycles. The van der Waals surface area contributed by atoms with Crippen molar-refractivity contribution in [3.8, 4) is 0 Å². The van der Waals surface area contributed by atoms with Crippen molar-refractivity contribution in [1.29, 1.82) is 0 Å². The van der Waals surface area contributed by atoms with Gasteiger partial charge < -0.3 is 19.3 Å². The molecule has 21 heavy (non-hydrogen) atoms. The molecule has 1 saturated heterocycles. The second-order valence-corrected chi connectivity index (χ2v) is 4.14. The van der Waals surface area contributed by atoms with Gasteiger partial charge in [0.15, 0.2) is 12.5 Å². The van der Waals surface area contributed by atoms with Gasteiger partial charge in [-0.3, -0.25) is 14.3 Å². The van der Waals surface area contributed by atoms with E-state index in [1.807, 2.05) is 0 Å². The Bertz CT molecular complexity index is 660. The van der Waals surface area contributed by atoms with E-state index < -0.39 is 29.7 Å². The van der Waals surface area contributed by atoms with Gasteiger partial charge in [0.1, 0.15) is 0 Å². The van der Waals surface area contributed by atoms with Crippen LogP contribution in [0.15, 0.2) is 21.9 Å². The lowest BCUT2D eigenvalue weighted by Gasteiger charge is -2.12. The van der Waals surface area contributed by atoms with E-state index in [9.17, 15) is 14.4 Å². The van der Waals surface area contributed by atoms with Crippen molar-refractivity contribution in [2.45, 2.75) is 12.5 Å². The van der Waals surface area contributed by atoms with Crippen molar-refractivity contribution in [2.24, 2.45) is 0 Å². The summed E-state index contributed by atoms with van der Waals surface area (Å²) in [5.74, 6) is -0.632. The average molecular weight is 298 g/mol. The highest BCUT2D eigenvalue weighted by Gasteiger charge is 2.27. The van der Waals surface area contributed by atoms with E-state index in [4.69, 9.17) is 14.6 Å². The highest BCUT2D eigenvalue weighted by Crippen LogP contribution is 2.18. The summed E-state index contributed by atoms with van der Waals surface area (Å²) >= 11 is 0. The Morgan fingerprint density at radius 3 is 3.00 bits per heavy atom. The number of esters is 1. The number of aliphatic hydroxyl groups is 1. The highest BCUT2D eigenvalue weighted by atomic mass is 16.7. The third kappa shape index (κ3) is 3.45. The Hall–Kier alpha value is -2.23. The van der Waals surface area contributed by atoms with Crippen LogP contribution in [-0.4, -0.2) is 47.2 Å². The molecule has 2 atom stereocenters. The molecule has 0 aliphatic carbocycles. The third-order valence-corrected chi connectivity index (χ3v) is 2.79. The van der Waals surface area contributed by atoms with Crippen LogP contribution in [0.4, 0.5) is 0 Å². The van der Waals surface area contributed by atoms with Crippen LogP contribution in [0.2, 0.25) is 0 Å². The Kier molecular flexibility index (Phi) is 4.68. The van der Waals surface area contributed by atoms with Gasteiger partial charge in [0.25, 0.3) is 5.56 Å². The Balaban J connectivity index is 2.31. The van der Waals surface area contributed by atoms with Gasteiger partial charge in [-0.25, -0.2) is 9.59 Å². The normalized spacial score (nSPS) is 21.8. The minimum absolute atomic E-state index is 0.0529. The molecule has 114 valence electrons. The van der Waals surface area contributed by atoms with E-state index in [1.165, 1.54) is 19.4 Å². The maximum Gasteiger partial charge on any atom is 0.330 e. The fourth-order valence-electron chi connectivity index (χ4n) is 1.74. The molecule has 2 unspecified atom stereocenters. The maximum atomic E-state index is 11.8. The molecule has 1 fully saturated rings. The summed E-state index contributed by atoms with van der Waals surface area (Å²) in [6.07, 6.45) is 1.94. The van der Waals surface area contributed by atoms with Crippen LogP contribution in [0.1, 0.15) is 11.8 Å². The fraction of sp³-hybridized carbons (Fsp3) is 0.417. The number of nitrogens with one attached hydrogen (secondary N) is 1. The zero-order valence-electron chi connectivity index (χ0n) is 11.1. The Morgan fingerprint density at radius 1 is 1.62 bits per heavy atom. The van der Waals surface area contributed by atoms with Crippen LogP contribution in [-0.2, 0) is 19.0 Å². The lowest BCUT2D eigenvalue weighted by molar-refractivity contribution is -0.134. The number of methoxy groups -OCH3 is 1. The largest absolute Gasteiger partial charge is 0.466 e. The van der Waals surface area contributed by atoms with Gasteiger partial charge in [-0.05, 0) is 6.08 Å². The van der Waals surface area contributed by atoms with Gasteiger partial charge in [-0.1, -0.05) is 0 Å². The van der Waals surface area contributed by atoms with Crippen LogP contribution in [0.25, 0.3) is 6.08 Å². The van der Waals surface area contributed by atoms with Crippen LogP contribution in [0, 0.1) is 0 Å². The van der Waals surface area contributed by atoms with Crippen molar-refractivity contribution in [1.82, 2.24) is 9.55 Å². The standard InChI is InChI=1S/C12H14N2O7/c1-19-9(16)3-2-7-4-14(12(18)13-11(7)17)8-6-20-10(5-15)21-8/h2-4,8,10,15H,5-6H2,1H3,(H,13,17,18)/b3-2+. The number of rotatable bonds is 4. The number of hydrogen-bond acceptors (Lipinski definition) is 7. The predicted octanol–water partition coefficient (Wildman–Crippen LogP) is -1.41. The van der Waals surface area contributed by atoms with Gasteiger partial charge in [0, 0.05) is 12.3 Å². The van der Waals surface area contributed by atoms with Crippen LogP contribution in [0.5, 0.6) is 0 Å². The lowest BCUT2D eigenvalue weighted by Crippen LogP contribution is -2.34. The molecule has 9 nitrogen and oxygen atoms in total. The minimum atomic E-state index is -0.817. The molecule has 0 saturated carbocycles. The SMILES string of the molecule is COC(=O)/C=C/c1cn(C2COC(CO)O2)c(=O)[nH]c1=O. The smallest absolute Gasteiger partial charge is 0.330 e. The molecule has 2 N–H and O–H groups in total. The molecule has 0 aromatic carbocycles. The maximum absolute atomic E-state index is 11.8. The molecule has 1 aromatic heterocycles. The molecular formula is C12H14N2O7. The fourth-order valence-corrected chi connectivity index (χ4v) is 1.74. The first-order chi connectivity index (χ1) is 10.0. The topological polar surface area (TPSA) is 120 Å². The third-order valence-electron chi connectivity index (χ3n) is 2.79. The van der Waals surface area contributed by atoms with Gasteiger partial charge in [-0.15, -0.1) is 0 Å². The minimum Gasteiger partial charge on any atom is -0.466 e. The molecular weight excluding hydrogens is 284 g/mol. The van der Waals surface area contributed by atoms with Gasteiger partial charge in [-0.2, -0.15) is 0 Å². The number of carbonyl (C=O) groups is 1. The number of aromatic nitrogens is 2. The number of hydrogen-bond donors (Lipinski definition) is 2. The van der Waals surface area contributed by atoms with E-state index >= 15 is 0 Å². The van der Waals surface area contributed by atoms with Crippen LogP contribution < -0.4 is 11.2 Å². The van der Waals surface area contributed by atoms with E-state index in [1.54, 1.807) is 0 Å². The van der Waals surface area contributed by atoms with Crippen molar-refractivity contribution < 1.29 is 24.1 Å². The second-order valence-electron chi connectivity index (χ2n) is 4.14. The molecule has 2 heterocycles. The average Bonchev–Trinajstić information content (AvgIpc) is 2.94. The predicted molar refractivity (Wildman–Crippen MR) is 69.3 cm³/mol. The molecule has 0 amide bonds. The quantitative estimate of drug-likeness (QED) is 0.517. The van der Waals surface area contributed by atoms with Crippen molar-refractivity contribution in [2.75, 3.05) is 20.3 Å². The molecule has 0 bridgehead atoms. The van der Waals surface area contributed by atoms with Crippen LogP contribution >= 0.6 is 0 Å².